The Morgan fingerprint density at radius 1 is 1.10 bits per heavy atom. The molecular weight excluding hydrogens is 285 g/mol. The van der Waals surface area contributed by atoms with Gasteiger partial charge in [-0.05, 0) is 55.5 Å². The second-order valence-corrected chi connectivity index (χ2v) is 6.45. The summed E-state index contributed by atoms with van der Waals surface area (Å²) in [6.07, 6.45) is 1.17. The Morgan fingerprint density at radius 2 is 1.90 bits per heavy atom. The average Bonchev–Trinajstić information content (AvgIpc) is 2.73. The second kappa shape index (κ2) is 6.43. The van der Waals surface area contributed by atoms with Crippen molar-refractivity contribution in [3.05, 3.63) is 42.2 Å². The van der Waals surface area contributed by atoms with Gasteiger partial charge in [0.2, 0.25) is 0 Å². The lowest BCUT2D eigenvalue weighted by atomic mass is 10.1. The zero-order valence-electron chi connectivity index (χ0n) is 12.0. The van der Waals surface area contributed by atoms with E-state index in [2.05, 4.69) is 22.0 Å². The Labute approximate surface area is 128 Å². The first-order chi connectivity index (χ1) is 10.2. The van der Waals surface area contributed by atoms with Crippen LogP contribution in [0.2, 0.25) is 0 Å². The van der Waals surface area contributed by atoms with Gasteiger partial charge in [0.25, 0.3) is 0 Å². The normalized spacial score (nSPS) is 19.3. The molecule has 3 rings (SSSR count). The summed E-state index contributed by atoms with van der Waals surface area (Å²) in [5.74, 6) is 3.03. The molecule has 0 bridgehead atoms. The van der Waals surface area contributed by atoms with Crippen molar-refractivity contribution in [2.24, 2.45) is 0 Å². The van der Waals surface area contributed by atoms with E-state index in [1.807, 2.05) is 23.9 Å². The number of hydrogen-bond donors (Lipinski definition) is 0. The van der Waals surface area contributed by atoms with Crippen LogP contribution in [0.3, 0.4) is 0 Å². The van der Waals surface area contributed by atoms with E-state index in [4.69, 9.17) is 0 Å². The number of halogens is 1. The van der Waals surface area contributed by atoms with Crippen LogP contribution in [-0.4, -0.2) is 34.3 Å². The first kappa shape index (κ1) is 14.3. The van der Waals surface area contributed by atoms with Crippen LogP contribution in [0, 0.1) is 5.82 Å². The maximum atomic E-state index is 12.9. The quantitative estimate of drug-likeness (QED) is 0.847. The highest BCUT2D eigenvalue weighted by atomic mass is 32.2. The Kier molecular flexibility index (Phi) is 4.39. The maximum absolute atomic E-state index is 12.9. The smallest absolute Gasteiger partial charge is 0.151 e. The topological polar surface area (TPSA) is 29.0 Å². The third kappa shape index (κ3) is 3.35. The van der Waals surface area contributed by atoms with Crippen LogP contribution in [0.1, 0.15) is 13.3 Å². The summed E-state index contributed by atoms with van der Waals surface area (Å²) in [7, 11) is 0. The van der Waals surface area contributed by atoms with Crippen molar-refractivity contribution in [1.82, 2.24) is 10.2 Å². The lowest BCUT2D eigenvalue weighted by Crippen LogP contribution is -2.34. The molecule has 1 fully saturated rings. The van der Waals surface area contributed by atoms with E-state index in [9.17, 15) is 4.39 Å². The summed E-state index contributed by atoms with van der Waals surface area (Å²) in [6.45, 7) is 3.25. The summed E-state index contributed by atoms with van der Waals surface area (Å²) < 4.78 is 12.9. The average molecular weight is 303 g/mol. The highest BCUT2D eigenvalue weighted by molar-refractivity contribution is 7.99. The molecule has 1 saturated heterocycles. The molecule has 1 atom stereocenters. The molecule has 0 N–H and O–H groups in total. The molecule has 21 heavy (non-hydrogen) atoms. The number of nitrogens with zero attached hydrogens (tertiary/aromatic N) is 3. The summed E-state index contributed by atoms with van der Waals surface area (Å²) >= 11 is 1.99. The fraction of sp³-hybridized carbons (Fsp3) is 0.375. The summed E-state index contributed by atoms with van der Waals surface area (Å²) in [5, 5.41) is 8.66. The van der Waals surface area contributed by atoms with Gasteiger partial charge in [0.1, 0.15) is 5.82 Å². The van der Waals surface area contributed by atoms with Crippen LogP contribution in [-0.2, 0) is 0 Å². The van der Waals surface area contributed by atoms with Gasteiger partial charge in [-0.3, -0.25) is 0 Å². The maximum Gasteiger partial charge on any atom is 0.151 e. The van der Waals surface area contributed by atoms with Gasteiger partial charge >= 0.3 is 0 Å². The van der Waals surface area contributed by atoms with Crippen molar-refractivity contribution in [3.63, 3.8) is 0 Å². The molecule has 1 aliphatic rings. The molecule has 5 heteroatoms. The molecule has 0 aliphatic carbocycles. The minimum absolute atomic E-state index is 0.237. The molecule has 2 heterocycles. The molecule has 2 aromatic rings. The predicted octanol–water partition coefficient (Wildman–Crippen LogP) is 3.61. The molecule has 0 radical (unpaired) electrons. The molecular formula is C16H18FN3S. The molecule has 110 valence electrons. The van der Waals surface area contributed by atoms with E-state index in [1.165, 1.54) is 24.3 Å². The largest absolute Gasteiger partial charge is 0.352 e. The van der Waals surface area contributed by atoms with Crippen LogP contribution in [0.15, 0.2) is 36.4 Å². The second-order valence-electron chi connectivity index (χ2n) is 5.23. The van der Waals surface area contributed by atoms with Crippen LogP contribution in [0.5, 0.6) is 0 Å². The van der Waals surface area contributed by atoms with Gasteiger partial charge in [-0.1, -0.05) is 0 Å². The highest BCUT2D eigenvalue weighted by Crippen LogP contribution is 2.23. The van der Waals surface area contributed by atoms with E-state index in [-0.39, 0.29) is 5.82 Å². The van der Waals surface area contributed by atoms with Crippen molar-refractivity contribution in [3.8, 4) is 11.3 Å². The van der Waals surface area contributed by atoms with Gasteiger partial charge in [-0.25, -0.2) is 4.39 Å². The monoisotopic (exact) mass is 303 g/mol. The Hall–Kier alpha value is -1.62. The molecule has 3 nitrogen and oxygen atoms in total. The van der Waals surface area contributed by atoms with Crippen molar-refractivity contribution < 1.29 is 4.39 Å². The van der Waals surface area contributed by atoms with Gasteiger partial charge in [-0.15, -0.1) is 10.2 Å². The highest BCUT2D eigenvalue weighted by Gasteiger charge is 2.18. The van der Waals surface area contributed by atoms with Gasteiger partial charge in [0.05, 0.1) is 5.69 Å². The number of benzene rings is 1. The number of hydrogen-bond acceptors (Lipinski definition) is 4. The van der Waals surface area contributed by atoms with Gasteiger partial charge < -0.3 is 4.90 Å². The van der Waals surface area contributed by atoms with Crippen molar-refractivity contribution >= 4 is 17.6 Å². The van der Waals surface area contributed by atoms with E-state index in [1.54, 1.807) is 12.1 Å². The van der Waals surface area contributed by atoms with Crippen LogP contribution >= 0.6 is 11.8 Å². The zero-order chi connectivity index (χ0) is 14.7. The third-order valence-corrected chi connectivity index (χ3v) is 4.77. The van der Waals surface area contributed by atoms with E-state index >= 15 is 0 Å². The molecule has 1 unspecified atom stereocenters. The van der Waals surface area contributed by atoms with Crippen LogP contribution in [0.25, 0.3) is 11.3 Å². The summed E-state index contributed by atoms with van der Waals surface area (Å²) in [6, 6.07) is 10.8. The zero-order valence-corrected chi connectivity index (χ0v) is 12.8. The SMILES string of the molecule is CC1CCSCCN1c1ccc(-c2ccc(F)cc2)nn1. The van der Waals surface area contributed by atoms with Gasteiger partial charge in [0, 0.05) is 23.9 Å². The molecule has 1 aromatic heterocycles. The third-order valence-electron chi connectivity index (χ3n) is 3.77. The Bertz CT molecular complexity index is 585. The first-order valence-corrected chi connectivity index (χ1v) is 8.33. The van der Waals surface area contributed by atoms with E-state index in [0.717, 1.165) is 29.4 Å². The fourth-order valence-corrected chi connectivity index (χ4v) is 3.53. The van der Waals surface area contributed by atoms with Gasteiger partial charge in [0.15, 0.2) is 5.82 Å². The Morgan fingerprint density at radius 3 is 2.62 bits per heavy atom. The number of thioether (sulfide) groups is 1. The van der Waals surface area contributed by atoms with Crippen LogP contribution in [0.4, 0.5) is 10.2 Å². The lowest BCUT2D eigenvalue weighted by molar-refractivity contribution is 0.628. The van der Waals surface area contributed by atoms with Gasteiger partial charge in [-0.2, -0.15) is 11.8 Å². The summed E-state index contributed by atoms with van der Waals surface area (Å²) in [5.41, 5.74) is 1.66. The molecule has 1 aliphatic heterocycles. The lowest BCUT2D eigenvalue weighted by Gasteiger charge is -2.27. The van der Waals surface area contributed by atoms with Crippen LogP contribution < -0.4 is 4.90 Å². The molecule has 1 aromatic carbocycles. The minimum atomic E-state index is -0.237. The molecule has 0 spiro atoms. The standard InChI is InChI=1S/C16H18FN3S/c1-12-8-10-21-11-9-20(12)16-7-6-15(18-19-16)13-2-4-14(17)5-3-13/h2-7,12H,8-11H2,1H3. The molecule has 0 amide bonds. The van der Waals surface area contributed by atoms with Crippen molar-refractivity contribution in [1.29, 1.82) is 0 Å². The van der Waals surface area contributed by atoms with Crippen molar-refractivity contribution in [2.75, 3.05) is 23.0 Å². The number of rotatable bonds is 2. The fourth-order valence-electron chi connectivity index (χ4n) is 2.49. The minimum Gasteiger partial charge on any atom is -0.352 e. The van der Waals surface area contributed by atoms with Crippen molar-refractivity contribution in [2.45, 2.75) is 19.4 Å². The summed E-state index contributed by atoms with van der Waals surface area (Å²) in [4.78, 5) is 2.32. The predicted molar refractivity (Wildman–Crippen MR) is 86.2 cm³/mol. The molecule has 0 saturated carbocycles. The van der Waals surface area contributed by atoms with E-state index in [0.29, 0.717) is 6.04 Å². The first-order valence-electron chi connectivity index (χ1n) is 7.18. The number of anilines is 1. The number of aromatic nitrogens is 2. The van der Waals surface area contributed by atoms with E-state index < -0.39 is 0 Å². The Balaban J connectivity index is 1.81.